The van der Waals surface area contributed by atoms with E-state index in [9.17, 15) is 9.18 Å². The minimum absolute atomic E-state index is 0.0161. The van der Waals surface area contributed by atoms with E-state index in [2.05, 4.69) is 11.8 Å². The Kier molecular flexibility index (Phi) is 6.13. The Hall–Kier alpha value is -2.73. The van der Waals surface area contributed by atoms with Crippen LogP contribution < -0.4 is 4.74 Å². The first-order valence-corrected chi connectivity index (χ1v) is 10.6. The van der Waals surface area contributed by atoms with Crippen LogP contribution in [0.4, 0.5) is 4.39 Å². The van der Waals surface area contributed by atoms with Crippen LogP contribution in [0.15, 0.2) is 53.6 Å². The van der Waals surface area contributed by atoms with Gasteiger partial charge in [-0.15, -0.1) is 0 Å². The summed E-state index contributed by atoms with van der Waals surface area (Å²) in [6.45, 7) is 4.50. The summed E-state index contributed by atoms with van der Waals surface area (Å²) in [5, 5.41) is 6.30. The fourth-order valence-corrected chi connectivity index (χ4v) is 4.22. The molecule has 2 heterocycles. The molecule has 4 rings (SSSR count). The minimum Gasteiger partial charge on any atom is -0.496 e. The largest absolute Gasteiger partial charge is 0.496 e. The van der Waals surface area contributed by atoms with E-state index in [0.29, 0.717) is 18.9 Å². The molecular weight excluding hydrogens is 381 g/mol. The van der Waals surface area contributed by atoms with Gasteiger partial charge in [0.05, 0.1) is 25.4 Å². The predicted molar refractivity (Wildman–Crippen MR) is 115 cm³/mol. The fraction of sp³-hybridized carbons (Fsp3) is 0.417. The van der Waals surface area contributed by atoms with E-state index < -0.39 is 0 Å². The molecule has 0 saturated carbocycles. The molecule has 0 aliphatic carbocycles. The number of hydrazone groups is 1. The summed E-state index contributed by atoms with van der Waals surface area (Å²) in [7, 11) is 1.64. The van der Waals surface area contributed by atoms with Crippen LogP contribution in [0.25, 0.3) is 0 Å². The Morgan fingerprint density at radius 1 is 1.13 bits per heavy atom. The third-order valence-corrected chi connectivity index (χ3v) is 6.08. The zero-order valence-corrected chi connectivity index (χ0v) is 17.6. The summed E-state index contributed by atoms with van der Waals surface area (Å²) in [6.07, 6.45) is 2.80. The lowest BCUT2D eigenvalue weighted by Crippen LogP contribution is -2.41. The molecule has 1 fully saturated rings. The Bertz CT molecular complexity index is 920. The van der Waals surface area contributed by atoms with Gasteiger partial charge in [0, 0.05) is 12.0 Å². The molecule has 0 unspecified atom stereocenters. The van der Waals surface area contributed by atoms with Crippen LogP contribution in [0.1, 0.15) is 43.4 Å². The number of methoxy groups -OCH3 is 1. The van der Waals surface area contributed by atoms with Crippen molar-refractivity contribution < 1.29 is 13.9 Å². The van der Waals surface area contributed by atoms with Gasteiger partial charge in [-0.25, -0.2) is 9.40 Å². The van der Waals surface area contributed by atoms with Gasteiger partial charge in [0.2, 0.25) is 0 Å². The van der Waals surface area contributed by atoms with Crippen LogP contribution in [0, 0.1) is 11.7 Å². The highest BCUT2D eigenvalue weighted by Crippen LogP contribution is 2.37. The molecule has 2 aliphatic rings. The van der Waals surface area contributed by atoms with Crippen LogP contribution >= 0.6 is 0 Å². The Labute approximate surface area is 177 Å². The molecule has 2 aliphatic heterocycles. The van der Waals surface area contributed by atoms with Crippen molar-refractivity contribution >= 4 is 11.6 Å². The van der Waals surface area contributed by atoms with Gasteiger partial charge in [0.25, 0.3) is 5.91 Å². The van der Waals surface area contributed by atoms with Crippen molar-refractivity contribution in [3.63, 3.8) is 0 Å². The molecule has 0 spiro atoms. The van der Waals surface area contributed by atoms with E-state index in [4.69, 9.17) is 9.84 Å². The van der Waals surface area contributed by atoms with E-state index in [-0.39, 0.29) is 17.8 Å². The maximum absolute atomic E-state index is 13.4. The Morgan fingerprint density at radius 2 is 1.83 bits per heavy atom. The molecule has 2 aromatic rings. The molecule has 0 radical (unpaired) electrons. The number of para-hydroxylation sites is 1. The minimum atomic E-state index is -0.286. The zero-order valence-electron chi connectivity index (χ0n) is 17.6. The van der Waals surface area contributed by atoms with Crippen molar-refractivity contribution in [1.82, 2.24) is 9.91 Å². The molecule has 1 amide bonds. The molecule has 30 heavy (non-hydrogen) atoms. The zero-order chi connectivity index (χ0) is 21.1. The number of carbonyl (C=O) groups is 1. The number of benzene rings is 2. The van der Waals surface area contributed by atoms with Gasteiger partial charge >= 0.3 is 0 Å². The third kappa shape index (κ3) is 4.38. The number of hydrogen-bond donors (Lipinski definition) is 0. The van der Waals surface area contributed by atoms with E-state index >= 15 is 0 Å². The second-order valence-electron chi connectivity index (χ2n) is 8.21. The monoisotopic (exact) mass is 409 g/mol. The maximum Gasteiger partial charge on any atom is 0.257 e. The molecule has 1 saturated heterocycles. The summed E-state index contributed by atoms with van der Waals surface area (Å²) < 4.78 is 18.9. The van der Waals surface area contributed by atoms with Crippen LogP contribution in [-0.4, -0.2) is 48.3 Å². The highest BCUT2D eigenvalue weighted by Gasteiger charge is 2.35. The summed E-state index contributed by atoms with van der Waals surface area (Å²) in [4.78, 5) is 15.5. The average Bonchev–Trinajstić information content (AvgIpc) is 3.21. The van der Waals surface area contributed by atoms with Gasteiger partial charge < -0.3 is 4.74 Å². The number of piperidine rings is 1. The smallest absolute Gasteiger partial charge is 0.257 e. The first-order chi connectivity index (χ1) is 14.5. The Morgan fingerprint density at radius 3 is 2.53 bits per heavy atom. The molecular formula is C24H28FN3O2. The van der Waals surface area contributed by atoms with E-state index in [0.717, 1.165) is 48.5 Å². The predicted octanol–water partition coefficient (Wildman–Crippen LogP) is 4.24. The van der Waals surface area contributed by atoms with Gasteiger partial charge in [-0.2, -0.15) is 5.10 Å². The number of rotatable bonds is 5. The summed E-state index contributed by atoms with van der Waals surface area (Å²) in [6, 6.07) is 13.8. The maximum atomic E-state index is 13.4. The normalized spacial score (nSPS) is 20.3. The standard InChI is InChI=1S/C24H28FN3O2/c1-17-11-13-27(14-12-17)16-24(29)28-22(20-5-3-4-6-23(20)30-2)15-21(26-28)18-7-9-19(25)10-8-18/h3-10,17,22H,11-16H2,1-2H3/t22-/m1/s1. The molecule has 0 bridgehead atoms. The highest BCUT2D eigenvalue weighted by atomic mass is 19.1. The second-order valence-corrected chi connectivity index (χ2v) is 8.21. The fourth-order valence-electron chi connectivity index (χ4n) is 4.22. The molecule has 2 aromatic carbocycles. The first-order valence-electron chi connectivity index (χ1n) is 10.6. The quantitative estimate of drug-likeness (QED) is 0.742. The van der Waals surface area contributed by atoms with E-state index in [1.807, 2.05) is 24.3 Å². The van der Waals surface area contributed by atoms with Crippen LogP contribution in [-0.2, 0) is 4.79 Å². The van der Waals surface area contributed by atoms with Crippen molar-refractivity contribution in [3.05, 3.63) is 65.5 Å². The molecule has 1 atom stereocenters. The highest BCUT2D eigenvalue weighted by molar-refractivity contribution is 6.03. The van der Waals surface area contributed by atoms with Gasteiger partial charge in [-0.1, -0.05) is 37.3 Å². The summed E-state index contributed by atoms with van der Waals surface area (Å²) >= 11 is 0. The van der Waals surface area contributed by atoms with Gasteiger partial charge in [0.1, 0.15) is 11.6 Å². The number of hydrogen-bond acceptors (Lipinski definition) is 4. The molecule has 158 valence electrons. The van der Waals surface area contributed by atoms with E-state index in [1.165, 1.54) is 12.1 Å². The lowest BCUT2D eigenvalue weighted by atomic mass is 9.97. The van der Waals surface area contributed by atoms with Gasteiger partial charge in [0.15, 0.2) is 0 Å². The lowest BCUT2D eigenvalue weighted by molar-refractivity contribution is -0.134. The molecule has 6 heteroatoms. The van der Waals surface area contributed by atoms with Gasteiger partial charge in [-0.3, -0.25) is 9.69 Å². The van der Waals surface area contributed by atoms with Crippen LogP contribution in [0.2, 0.25) is 0 Å². The number of halogens is 1. The van der Waals surface area contributed by atoms with Crippen molar-refractivity contribution in [2.75, 3.05) is 26.7 Å². The van der Waals surface area contributed by atoms with Crippen LogP contribution in [0.5, 0.6) is 5.75 Å². The van der Waals surface area contributed by atoms with E-state index in [1.54, 1.807) is 24.3 Å². The van der Waals surface area contributed by atoms with Crippen LogP contribution in [0.3, 0.4) is 0 Å². The van der Waals surface area contributed by atoms with Crippen molar-refractivity contribution in [2.24, 2.45) is 11.0 Å². The van der Waals surface area contributed by atoms with Crippen molar-refractivity contribution in [2.45, 2.75) is 32.2 Å². The van der Waals surface area contributed by atoms with Crippen molar-refractivity contribution in [1.29, 1.82) is 0 Å². The first kappa shape index (κ1) is 20.5. The van der Waals surface area contributed by atoms with Gasteiger partial charge in [-0.05, 0) is 55.6 Å². The number of nitrogens with zero attached hydrogens (tertiary/aromatic N) is 3. The number of ether oxygens (including phenoxy) is 1. The molecule has 5 nitrogen and oxygen atoms in total. The molecule has 0 N–H and O–H groups in total. The third-order valence-electron chi connectivity index (χ3n) is 6.08. The number of likely N-dealkylation sites (tertiary alicyclic amines) is 1. The number of amides is 1. The number of carbonyl (C=O) groups excluding carboxylic acids is 1. The summed E-state index contributed by atoms with van der Waals surface area (Å²) in [5.74, 6) is 1.15. The molecule has 0 aromatic heterocycles. The average molecular weight is 410 g/mol. The summed E-state index contributed by atoms with van der Waals surface area (Å²) in [5.41, 5.74) is 2.55. The lowest BCUT2D eigenvalue weighted by Gasteiger charge is -2.31. The Balaban J connectivity index is 1.61. The van der Waals surface area contributed by atoms with Crippen molar-refractivity contribution in [3.8, 4) is 5.75 Å². The second kappa shape index (κ2) is 8.96. The topological polar surface area (TPSA) is 45.1 Å². The SMILES string of the molecule is COc1ccccc1[C@H]1CC(c2ccc(F)cc2)=NN1C(=O)CN1CCC(C)CC1.